The zero-order valence-corrected chi connectivity index (χ0v) is 21.8. The third-order valence-corrected chi connectivity index (χ3v) is 5.72. The summed E-state index contributed by atoms with van der Waals surface area (Å²) >= 11 is 0. The Labute approximate surface area is 199 Å². The highest BCUT2D eigenvalue weighted by Crippen LogP contribution is 2.33. The summed E-state index contributed by atoms with van der Waals surface area (Å²) < 4.78 is 11.0. The molecule has 1 heterocycles. The molecular weight excluding hydrogens is 497 g/mol. The molecule has 2 N–H and O–H groups in total. The molecule has 2 fully saturated rings. The van der Waals surface area contributed by atoms with Gasteiger partial charge in [0.2, 0.25) is 0 Å². The number of rotatable bonds is 6. The minimum Gasteiger partial charge on any atom is -0.444 e. The number of nitrogens with zero attached hydrogens (tertiary/aromatic N) is 3. The standard InChI is InChI=1S/C21H41N5O3.HI/c1-20(2,3)29-19(27)25(5)12-11-23-18(22-4)24-17-21(9-7-6-8-10-21)26-13-15-28-16-14-26;/h6-17H2,1-5H3,(H2,22,23,24);1H. The summed E-state index contributed by atoms with van der Waals surface area (Å²) in [6.45, 7) is 11.3. The number of ether oxygens (including phenoxy) is 2. The normalized spacial score (nSPS) is 20.1. The van der Waals surface area contributed by atoms with E-state index in [9.17, 15) is 4.79 Å². The van der Waals surface area contributed by atoms with Crippen LogP contribution in [-0.2, 0) is 9.47 Å². The molecule has 1 aliphatic carbocycles. The van der Waals surface area contributed by atoms with E-state index in [1.54, 1.807) is 19.0 Å². The first-order valence-corrected chi connectivity index (χ1v) is 11.0. The van der Waals surface area contributed by atoms with Crippen molar-refractivity contribution in [3.63, 3.8) is 0 Å². The van der Waals surface area contributed by atoms with Gasteiger partial charge < -0.3 is 25.0 Å². The molecule has 0 spiro atoms. The van der Waals surface area contributed by atoms with Crippen LogP contribution in [0.5, 0.6) is 0 Å². The van der Waals surface area contributed by atoms with E-state index in [1.807, 2.05) is 20.8 Å². The minimum atomic E-state index is -0.482. The zero-order chi connectivity index (χ0) is 21.3. The van der Waals surface area contributed by atoms with Gasteiger partial charge in [0.15, 0.2) is 5.96 Å². The van der Waals surface area contributed by atoms with E-state index in [-0.39, 0.29) is 35.6 Å². The quantitative estimate of drug-likeness (QED) is 0.307. The van der Waals surface area contributed by atoms with Crippen molar-refractivity contribution in [2.45, 2.75) is 64.0 Å². The molecule has 0 bridgehead atoms. The van der Waals surface area contributed by atoms with Gasteiger partial charge >= 0.3 is 6.09 Å². The Morgan fingerprint density at radius 2 is 1.80 bits per heavy atom. The van der Waals surface area contributed by atoms with Gasteiger partial charge in [0.25, 0.3) is 0 Å². The summed E-state index contributed by atoms with van der Waals surface area (Å²) in [5, 5.41) is 6.86. The number of hydrogen-bond donors (Lipinski definition) is 2. The highest BCUT2D eigenvalue weighted by molar-refractivity contribution is 14.0. The first-order chi connectivity index (χ1) is 13.8. The van der Waals surface area contributed by atoms with Gasteiger partial charge in [0.05, 0.1) is 13.2 Å². The number of morpholine rings is 1. The van der Waals surface area contributed by atoms with Gasteiger partial charge in [0.1, 0.15) is 5.60 Å². The number of guanidine groups is 1. The molecule has 30 heavy (non-hydrogen) atoms. The molecule has 8 nitrogen and oxygen atoms in total. The van der Waals surface area contributed by atoms with Gasteiger partial charge in [0, 0.05) is 52.4 Å². The van der Waals surface area contributed by atoms with Crippen LogP contribution in [0.4, 0.5) is 4.79 Å². The molecule has 0 aromatic heterocycles. The lowest BCUT2D eigenvalue weighted by Gasteiger charge is -2.48. The second-order valence-electron chi connectivity index (χ2n) is 9.14. The van der Waals surface area contributed by atoms with Crippen molar-refractivity contribution in [3.8, 4) is 0 Å². The lowest BCUT2D eigenvalue weighted by atomic mass is 9.80. The summed E-state index contributed by atoms with van der Waals surface area (Å²) in [5.41, 5.74) is -0.295. The van der Waals surface area contributed by atoms with Crippen molar-refractivity contribution in [3.05, 3.63) is 0 Å². The Balaban J connectivity index is 0.00000450. The summed E-state index contributed by atoms with van der Waals surface area (Å²) in [6, 6.07) is 0. The van der Waals surface area contributed by atoms with E-state index in [0.29, 0.717) is 13.1 Å². The van der Waals surface area contributed by atoms with E-state index < -0.39 is 5.60 Å². The predicted octanol–water partition coefficient (Wildman–Crippen LogP) is 2.67. The van der Waals surface area contributed by atoms with Crippen molar-refractivity contribution in [1.29, 1.82) is 0 Å². The Kier molecular flexibility index (Phi) is 11.7. The van der Waals surface area contributed by atoms with E-state index in [1.165, 1.54) is 32.1 Å². The van der Waals surface area contributed by atoms with Gasteiger partial charge in [-0.3, -0.25) is 9.89 Å². The highest BCUT2D eigenvalue weighted by atomic mass is 127. The highest BCUT2D eigenvalue weighted by Gasteiger charge is 2.38. The first kappa shape index (κ1) is 27.2. The topological polar surface area (TPSA) is 78.4 Å². The second kappa shape index (κ2) is 12.9. The first-order valence-electron chi connectivity index (χ1n) is 11.0. The molecule has 9 heteroatoms. The molecule has 0 aromatic rings. The molecule has 0 unspecified atom stereocenters. The fraction of sp³-hybridized carbons (Fsp3) is 0.905. The summed E-state index contributed by atoms with van der Waals surface area (Å²) in [7, 11) is 3.54. The van der Waals surface area contributed by atoms with Crippen LogP contribution in [0.25, 0.3) is 0 Å². The van der Waals surface area contributed by atoms with Crippen molar-refractivity contribution in [1.82, 2.24) is 20.4 Å². The maximum absolute atomic E-state index is 12.1. The van der Waals surface area contributed by atoms with Crippen LogP contribution in [-0.4, -0.2) is 93.0 Å². The third kappa shape index (κ3) is 8.74. The number of halogens is 1. The fourth-order valence-electron chi connectivity index (χ4n) is 4.09. The second-order valence-corrected chi connectivity index (χ2v) is 9.14. The number of aliphatic imine (C=N–C) groups is 1. The van der Waals surface area contributed by atoms with E-state index in [4.69, 9.17) is 9.47 Å². The number of amides is 1. The number of carbonyl (C=O) groups is 1. The van der Waals surface area contributed by atoms with E-state index >= 15 is 0 Å². The van der Waals surface area contributed by atoms with Crippen molar-refractivity contribution in [2.24, 2.45) is 4.99 Å². The van der Waals surface area contributed by atoms with E-state index in [2.05, 4.69) is 20.5 Å². The van der Waals surface area contributed by atoms with Crippen LogP contribution >= 0.6 is 24.0 Å². The average Bonchev–Trinajstić information content (AvgIpc) is 2.70. The average molecular weight is 540 g/mol. The summed E-state index contributed by atoms with van der Waals surface area (Å²) in [4.78, 5) is 20.6. The Morgan fingerprint density at radius 1 is 1.17 bits per heavy atom. The monoisotopic (exact) mass is 539 g/mol. The minimum absolute atomic E-state index is 0. The number of carbonyl (C=O) groups excluding carboxylic acids is 1. The molecule has 176 valence electrons. The lowest BCUT2D eigenvalue weighted by Crippen LogP contribution is -2.60. The molecule has 2 rings (SSSR count). The zero-order valence-electron chi connectivity index (χ0n) is 19.5. The van der Waals surface area contributed by atoms with Crippen LogP contribution in [0.2, 0.25) is 0 Å². The summed E-state index contributed by atoms with van der Waals surface area (Å²) in [5.74, 6) is 0.779. The molecule has 1 aliphatic heterocycles. The van der Waals surface area contributed by atoms with Crippen LogP contribution in [0.15, 0.2) is 4.99 Å². The number of nitrogens with one attached hydrogen (secondary N) is 2. The molecular formula is C21H42IN5O3. The smallest absolute Gasteiger partial charge is 0.410 e. The van der Waals surface area contributed by atoms with E-state index in [0.717, 1.165) is 38.8 Å². The van der Waals surface area contributed by atoms with Gasteiger partial charge in [-0.2, -0.15) is 0 Å². The number of likely N-dealkylation sites (N-methyl/N-ethyl adjacent to an activating group) is 1. The maximum atomic E-state index is 12.1. The maximum Gasteiger partial charge on any atom is 0.410 e. The Bertz CT molecular complexity index is 541. The Hall–Kier alpha value is -0.810. The molecule has 0 atom stereocenters. The molecule has 1 saturated heterocycles. The number of hydrogen-bond acceptors (Lipinski definition) is 5. The van der Waals surface area contributed by atoms with Gasteiger partial charge in [-0.15, -0.1) is 24.0 Å². The SMILES string of the molecule is CN=C(NCCN(C)C(=O)OC(C)(C)C)NCC1(N2CCOCC2)CCCCC1.I. The van der Waals surface area contributed by atoms with Crippen LogP contribution in [0.1, 0.15) is 52.9 Å². The molecule has 0 aromatic carbocycles. The van der Waals surface area contributed by atoms with Crippen LogP contribution < -0.4 is 10.6 Å². The third-order valence-electron chi connectivity index (χ3n) is 5.72. The van der Waals surface area contributed by atoms with Gasteiger partial charge in [-0.1, -0.05) is 19.3 Å². The van der Waals surface area contributed by atoms with Gasteiger partial charge in [-0.25, -0.2) is 4.79 Å². The van der Waals surface area contributed by atoms with Crippen molar-refractivity contribution >= 4 is 36.0 Å². The van der Waals surface area contributed by atoms with Crippen LogP contribution in [0.3, 0.4) is 0 Å². The molecule has 1 saturated carbocycles. The van der Waals surface area contributed by atoms with Gasteiger partial charge in [-0.05, 0) is 33.6 Å². The summed E-state index contributed by atoms with van der Waals surface area (Å²) in [6.07, 6.45) is 6.03. The Morgan fingerprint density at radius 3 is 2.37 bits per heavy atom. The largest absolute Gasteiger partial charge is 0.444 e. The van der Waals surface area contributed by atoms with Crippen molar-refractivity contribution in [2.75, 3.05) is 60.0 Å². The molecule has 0 radical (unpaired) electrons. The molecule has 2 aliphatic rings. The van der Waals surface area contributed by atoms with Crippen LogP contribution in [0, 0.1) is 0 Å². The fourth-order valence-corrected chi connectivity index (χ4v) is 4.09. The molecule has 1 amide bonds. The van der Waals surface area contributed by atoms with Crippen molar-refractivity contribution < 1.29 is 14.3 Å². The predicted molar refractivity (Wildman–Crippen MR) is 132 cm³/mol. The lowest BCUT2D eigenvalue weighted by molar-refractivity contribution is -0.0352.